The van der Waals surface area contributed by atoms with Gasteiger partial charge in [-0.25, -0.2) is 9.97 Å². The molecule has 1 aromatic heterocycles. The summed E-state index contributed by atoms with van der Waals surface area (Å²) in [5, 5.41) is 12.8. The van der Waals surface area contributed by atoms with E-state index in [4.69, 9.17) is 4.74 Å². The Bertz CT molecular complexity index is 400. The second-order valence-corrected chi connectivity index (χ2v) is 5.46. The van der Waals surface area contributed by atoms with Crippen LogP contribution in [-0.2, 0) is 0 Å². The zero-order valence-corrected chi connectivity index (χ0v) is 12.2. The molecular weight excluding hydrogens is 254 g/mol. The molecule has 20 heavy (non-hydrogen) atoms. The molecule has 0 saturated heterocycles. The van der Waals surface area contributed by atoms with E-state index < -0.39 is 0 Å². The highest BCUT2D eigenvalue weighted by molar-refractivity contribution is 5.37. The molecule has 0 radical (unpaired) electrons. The summed E-state index contributed by atoms with van der Waals surface area (Å²) in [5.41, 5.74) is 0. The van der Waals surface area contributed by atoms with Gasteiger partial charge in [-0.15, -0.1) is 0 Å². The predicted molar refractivity (Wildman–Crippen MR) is 78.8 cm³/mol. The summed E-state index contributed by atoms with van der Waals surface area (Å²) in [7, 11) is 0. The van der Waals surface area contributed by atoms with Crippen LogP contribution in [0.3, 0.4) is 0 Å². The van der Waals surface area contributed by atoms with Crippen molar-refractivity contribution in [1.29, 1.82) is 0 Å². The van der Waals surface area contributed by atoms with Crippen molar-refractivity contribution in [3.05, 3.63) is 12.4 Å². The summed E-state index contributed by atoms with van der Waals surface area (Å²) in [6.45, 7) is 3.89. The lowest BCUT2D eigenvalue weighted by Crippen LogP contribution is -2.28. The lowest BCUT2D eigenvalue weighted by atomic mass is 9.79. The Morgan fingerprint density at radius 2 is 2.10 bits per heavy atom. The lowest BCUT2D eigenvalue weighted by molar-refractivity contribution is 0.141. The molecule has 1 saturated carbocycles. The summed E-state index contributed by atoms with van der Waals surface area (Å²) >= 11 is 0. The van der Waals surface area contributed by atoms with Gasteiger partial charge in [0.2, 0.25) is 5.88 Å². The average Bonchev–Trinajstić information content (AvgIpc) is 2.51. The maximum absolute atomic E-state index is 9.43. The van der Waals surface area contributed by atoms with Crippen molar-refractivity contribution in [2.24, 2.45) is 11.8 Å². The van der Waals surface area contributed by atoms with Gasteiger partial charge in [-0.1, -0.05) is 19.8 Å². The minimum Gasteiger partial charge on any atom is -0.478 e. The third kappa shape index (κ3) is 4.34. The van der Waals surface area contributed by atoms with Crippen molar-refractivity contribution in [2.45, 2.75) is 39.0 Å². The normalized spacial score (nSPS) is 22.5. The highest BCUT2D eigenvalue weighted by atomic mass is 16.5. The summed E-state index contributed by atoms with van der Waals surface area (Å²) in [6, 6.07) is 1.84. The van der Waals surface area contributed by atoms with Crippen LogP contribution in [0.15, 0.2) is 12.4 Å². The highest BCUT2D eigenvalue weighted by Gasteiger charge is 2.24. The number of nitrogens with one attached hydrogen (secondary N) is 1. The maximum atomic E-state index is 9.43. The largest absolute Gasteiger partial charge is 0.478 e. The SMILES string of the molecule is CCCOc1cc(NCC2CCCCC2CO)ncn1. The maximum Gasteiger partial charge on any atom is 0.218 e. The molecule has 0 aromatic carbocycles. The average molecular weight is 279 g/mol. The lowest BCUT2D eigenvalue weighted by Gasteiger charge is -2.30. The van der Waals surface area contributed by atoms with E-state index in [0.717, 1.165) is 25.2 Å². The van der Waals surface area contributed by atoms with E-state index in [2.05, 4.69) is 22.2 Å². The second-order valence-electron chi connectivity index (χ2n) is 5.46. The van der Waals surface area contributed by atoms with Gasteiger partial charge in [-0.05, 0) is 31.1 Å². The molecule has 0 bridgehead atoms. The third-order valence-corrected chi connectivity index (χ3v) is 3.94. The van der Waals surface area contributed by atoms with Crippen molar-refractivity contribution in [3.63, 3.8) is 0 Å². The molecule has 112 valence electrons. The van der Waals surface area contributed by atoms with E-state index in [1.807, 2.05) is 6.07 Å². The number of rotatable bonds is 7. The van der Waals surface area contributed by atoms with Crippen LogP contribution in [0.2, 0.25) is 0 Å². The fourth-order valence-electron chi connectivity index (χ4n) is 2.75. The van der Waals surface area contributed by atoms with Crippen LogP contribution >= 0.6 is 0 Å². The highest BCUT2D eigenvalue weighted by Crippen LogP contribution is 2.29. The van der Waals surface area contributed by atoms with Gasteiger partial charge in [0, 0.05) is 19.2 Å². The van der Waals surface area contributed by atoms with Crippen molar-refractivity contribution in [2.75, 3.05) is 25.1 Å². The Morgan fingerprint density at radius 3 is 2.85 bits per heavy atom. The zero-order valence-electron chi connectivity index (χ0n) is 12.2. The zero-order chi connectivity index (χ0) is 14.2. The number of hydrogen-bond donors (Lipinski definition) is 2. The molecular formula is C15H25N3O2. The molecule has 2 unspecified atom stereocenters. The minimum atomic E-state index is 0.293. The van der Waals surface area contributed by atoms with Gasteiger partial charge in [0.25, 0.3) is 0 Å². The van der Waals surface area contributed by atoms with Gasteiger partial charge in [-0.3, -0.25) is 0 Å². The van der Waals surface area contributed by atoms with E-state index >= 15 is 0 Å². The van der Waals surface area contributed by atoms with Crippen molar-refractivity contribution in [1.82, 2.24) is 9.97 Å². The van der Waals surface area contributed by atoms with Crippen LogP contribution in [-0.4, -0.2) is 34.8 Å². The molecule has 2 rings (SSSR count). The molecule has 5 nitrogen and oxygen atoms in total. The van der Waals surface area contributed by atoms with Gasteiger partial charge in [0.1, 0.15) is 12.1 Å². The van der Waals surface area contributed by atoms with Crippen LogP contribution in [0.4, 0.5) is 5.82 Å². The van der Waals surface area contributed by atoms with Gasteiger partial charge in [-0.2, -0.15) is 0 Å². The predicted octanol–water partition coefficient (Wildman–Crippen LogP) is 2.48. The number of nitrogens with zero attached hydrogens (tertiary/aromatic N) is 2. The van der Waals surface area contributed by atoms with Crippen LogP contribution in [0.25, 0.3) is 0 Å². The summed E-state index contributed by atoms with van der Waals surface area (Å²) in [5.74, 6) is 2.37. The number of aromatic nitrogens is 2. The van der Waals surface area contributed by atoms with E-state index in [-0.39, 0.29) is 0 Å². The molecule has 1 heterocycles. The van der Waals surface area contributed by atoms with E-state index in [0.29, 0.717) is 30.9 Å². The first-order valence-corrected chi connectivity index (χ1v) is 7.63. The fourth-order valence-corrected chi connectivity index (χ4v) is 2.75. The smallest absolute Gasteiger partial charge is 0.218 e. The van der Waals surface area contributed by atoms with E-state index in [9.17, 15) is 5.11 Å². The molecule has 0 amide bonds. The first-order valence-electron chi connectivity index (χ1n) is 7.63. The Morgan fingerprint density at radius 1 is 1.30 bits per heavy atom. The molecule has 1 aliphatic rings. The van der Waals surface area contributed by atoms with Crippen LogP contribution in [0.5, 0.6) is 5.88 Å². The Labute approximate surface area is 120 Å². The third-order valence-electron chi connectivity index (χ3n) is 3.94. The van der Waals surface area contributed by atoms with Gasteiger partial charge < -0.3 is 15.2 Å². The molecule has 1 aliphatic carbocycles. The minimum absolute atomic E-state index is 0.293. The fraction of sp³-hybridized carbons (Fsp3) is 0.733. The van der Waals surface area contributed by atoms with E-state index in [1.54, 1.807) is 0 Å². The first-order chi connectivity index (χ1) is 9.83. The summed E-state index contributed by atoms with van der Waals surface area (Å²) in [4.78, 5) is 8.31. The summed E-state index contributed by atoms with van der Waals surface area (Å²) < 4.78 is 5.50. The van der Waals surface area contributed by atoms with Crippen molar-refractivity contribution < 1.29 is 9.84 Å². The number of aliphatic hydroxyl groups excluding tert-OH is 1. The molecule has 0 aliphatic heterocycles. The Hall–Kier alpha value is -1.36. The van der Waals surface area contributed by atoms with Crippen molar-refractivity contribution in [3.8, 4) is 5.88 Å². The van der Waals surface area contributed by atoms with Gasteiger partial charge in [0.05, 0.1) is 6.61 Å². The monoisotopic (exact) mass is 279 g/mol. The van der Waals surface area contributed by atoms with Gasteiger partial charge >= 0.3 is 0 Å². The number of hydrogen-bond acceptors (Lipinski definition) is 5. The summed E-state index contributed by atoms with van der Waals surface area (Å²) in [6.07, 6.45) is 7.31. The molecule has 2 atom stereocenters. The number of anilines is 1. The molecule has 0 spiro atoms. The molecule has 1 aromatic rings. The van der Waals surface area contributed by atoms with Crippen LogP contribution in [0.1, 0.15) is 39.0 Å². The number of ether oxygens (including phenoxy) is 1. The van der Waals surface area contributed by atoms with Crippen LogP contribution < -0.4 is 10.1 Å². The van der Waals surface area contributed by atoms with Gasteiger partial charge in [0.15, 0.2) is 0 Å². The molecule has 2 N–H and O–H groups in total. The molecule has 1 fully saturated rings. The number of aliphatic hydroxyl groups is 1. The Kier molecular flexibility index (Phi) is 6.05. The second kappa shape index (κ2) is 8.04. The first kappa shape index (κ1) is 15.0. The van der Waals surface area contributed by atoms with E-state index in [1.165, 1.54) is 25.6 Å². The van der Waals surface area contributed by atoms with Crippen LogP contribution in [0, 0.1) is 11.8 Å². The topological polar surface area (TPSA) is 67.3 Å². The standard InChI is InChI=1S/C15H25N3O2/c1-2-7-20-15-8-14(17-11-18-15)16-9-12-5-3-4-6-13(12)10-19/h8,11-13,19H,2-7,9-10H2,1H3,(H,16,17,18). The molecule has 5 heteroatoms. The van der Waals surface area contributed by atoms with Crippen molar-refractivity contribution >= 4 is 5.82 Å². The Balaban J connectivity index is 1.86. The quantitative estimate of drug-likeness (QED) is 0.802.